The molecule has 49 heavy (non-hydrogen) atoms. The van der Waals surface area contributed by atoms with E-state index in [2.05, 4.69) is 0 Å². The Morgan fingerprint density at radius 3 is 2.35 bits per heavy atom. The van der Waals surface area contributed by atoms with Gasteiger partial charge < -0.3 is 54.5 Å². The SMILES string of the molecule is CN1CC[C@]23c4c5ccc(O)c4O[C@H]2C(OC(=O)[C@H](O)[C@@H](O)C(=O)O[C@H](C(=O)O[C@@H](CC(=O)O)C(=O)O)c2ccccc2)=CC[C@@]3(O)[C@@H]1C5. The van der Waals surface area contributed by atoms with E-state index in [0.717, 1.165) is 5.56 Å². The van der Waals surface area contributed by atoms with Crippen LogP contribution in [0, 0.1) is 0 Å². The van der Waals surface area contributed by atoms with Crippen molar-refractivity contribution in [3.05, 3.63) is 71.0 Å². The molecule has 0 amide bonds. The number of carbonyl (C=O) groups is 5. The summed E-state index contributed by atoms with van der Waals surface area (Å²) in [5, 5.41) is 62.5. The first-order chi connectivity index (χ1) is 23.2. The highest BCUT2D eigenvalue weighted by molar-refractivity contribution is 5.89. The van der Waals surface area contributed by atoms with Gasteiger partial charge in [-0.25, -0.2) is 19.2 Å². The number of piperidine rings is 1. The fraction of sp³-hybridized carbons (Fsp3) is 0.424. The Hall–Kier alpha value is -5.03. The predicted octanol–water partition coefficient (Wildman–Crippen LogP) is -0.309. The number of nitrogens with zero attached hydrogens (tertiary/aromatic N) is 1. The Bertz CT molecular complexity index is 1740. The van der Waals surface area contributed by atoms with Gasteiger partial charge in [0.25, 0.3) is 0 Å². The fourth-order valence-corrected chi connectivity index (χ4v) is 7.48. The number of carbonyl (C=O) groups excluding carboxylic acids is 3. The number of hydrogen-bond donors (Lipinski definition) is 6. The van der Waals surface area contributed by atoms with Gasteiger partial charge in [0.2, 0.25) is 12.2 Å². The molecule has 0 aromatic heterocycles. The highest BCUT2D eigenvalue weighted by Gasteiger charge is 2.72. The Morgan fingerprint density at radius 1 is 0.980 bits per heavy atom. The van der Waals surface area contributed by atoms with Crippen LogP contribution in [-0.4, -0.2) is 115 Å². The Morgan fingerprint density at radius 2 is 1.67 bits per heavy atom. The monoisotopic (exact) mass is 683 g/mol. The van der Waals surface area contributed by atoms with E-state index in [0.29, 0.717) is 24.9 Å². The van der Waals surface area contributed by atoms with E-state index in [-0.39, 0.29) is 35.3 Å². The third kappa shape index (κ3) is 5.46. The summed E-state index contributed by atoms with van der Waals surface area (Å²) in [5.41, 5.74) is -1.10. The van der Waals surface area contributed by atoms with E-state index in [1.807, 2.05) is 11.9 Å². The van der Waals surface area contributed by atoms with E-state index in [1.165, 1.54) is 36.4 Å². The molecule has 4 aliphatic rings. The molecule has 2 aromatic carbocycles. The van der Waals surface area contributed by atoms with Gasteiger partial charge in [-0.3, -0.25) is 4.79 Å². The first-order valence-corrected chi connectivity index (χ1v) is 15.3. The number of aliphatic carboxylic acids is 2. The Kier molecular flexibility index (Phi) is 8.60. The standard InChI is InChI=1S/C33H33NO15/c1-34-12-11-32-22-16-7-8-17(35)26(22)48-27(32)18(9-10-33(32,45)20(34)13-16)46-29(42)23(38)24(39)30(43)49-25(15-5-3-2-4-6-15)31(44)47-19(28(40)41)14-21(36)37/h2-9,19-20,23-25,27,35,38-39,45H,10-14H2,1H3,(H,36,37)(H,40,41)/t19-,20-,23+,24+,25-,27-,32-,33+/m0/s1. The molecule has 0 saturated carbocycles. The van der Waals surface area contributed by atoms with Crippen molar-refractivity contribution in [2.75, 3.05) is 13.6 Å². The number of aliphatic hydroxyl groups excluding tert-OH is 2. The van der Waals surface area contributed by atoms with Gasteiger partial charge in [0, 0.05) is 23.6 Å². The minimum absolute atomic E-state index is 0.0137. The average molecular weight is 684 g/mol. The lowest BCUT2D eigenvalue weighted by atomic mass is 9.50. The number of aromatic hydroxyl groups is 1. The molecule has 260 valence electrons. The van der Waals surface area contributed by atoms with E-state index in [4.69, 9.17) is 24.1 Å². The van der Waals surface area contributed by atoms with Gasteiger partial charge in [-0.2, -0.15) is 0 Å². The van der Waals surface area contributed by atoms with Gasteiger partial charge in [0.05, 0.1) is 17.4 Å². The second-order valence-electron chi connectivity index (χ2n) is 12.5. The largest absolute Gasteiger partial charge is 0.504 e. The lowest BCUT2D eigenvalue weighted by Crippen LogP contribution is -2.74. The molecule has 0 unspecified atom stereocenters. The molecule has 0 radical (unpaired) electrons. The van der Waals surface area contributed by atoms with E-state index < -0.39 is 77.8 Å². The maximum atomic E-state index is 13.2. The Labute approximate surface area is 277 Å². The quantitative estimate of drug-likeness (QED) is 0.131. The molecule has 2 aliphatic carbocycles. The number of likely N-dealkylation sites (N-methyl/N-ethyl adjacent to an activating group) is 1. The van der Waals surface area contributed by atoms with Crippen molar-refractivity contribution >= 4 is 29.8 Å². The number of esters is 3. The summed E-state index contributed by atoms with van der Waals surface area (Å²) in [7, 11) is 1.89. The molecular formula is C33H33NO15. The molecule has 2 heterocycles. The minimum atomic E-state index is -2.63. The maximum absolute atomic E-state index is 13.2. The number of ether oxygens (including phenoxy) is 4. The van der Waals surface area contributed by atoms with Crippen LogP contribution in [-0.2, 0) is 50.0 Å². The number of phenolic OH excluding ortho intramolecular Hbond substituents is 1. The third-order valence-electron chi connectivity index (χ3n) is 9.80. The van der Waals surface area contributed by atoms with Crippen molar-refractivity contribution in [2.24, 2.45) is 0 Å². The number of hydrogen-bond acceptors (Lipinski definition) is 14. The van der Waals surface area contributed by atoms with Crippen LogP contribution in [0.3, 0.4) is 0 Å². The number of carboxylic acid groups (broad SMARTS) is 2. The second-order valence-corrected chi connectivity index (χ2v) is 12.5. The molecule has 6 N–H and O–H groups in total. The lowest BCUT2D eigenvalue weighted by molar-refractivity contribution is -0.187. The van der Waals surface area contributed by atoms with Gasteiger partial charge in [-0.1, -0.05) is 36.4 Å². The van der Waals surface area contributed by atoms with Crippen molar-refractivity contribution in [3.63, 3.8) is 0 Å². The average Bonchev–Trinajstić information content (AvgIpc) is 3.43. The first kappa shape index (κ1) is 33.9. The summed E-state index contributed by atoms with van der Waals surface area (Å²) in [6.07, 6.45) is -9.30. The van der Waals surface area contributed by atoms with Gasteiger partial charge in [0.1, 0.15) is 5.76 Å². The van der Waals surface area contributed by atoms with Gasteiger partial charge in [0.15, 0.2) is 29.8 Å². The van der Waals surface area contributed by atoms with Crippen LogP contribution in [0.4, 0.5) is 0 Å². The summed E-state index contributed by atoms with van der Waals surface area (Å²) < 4.78 is 21.5. The number of aliphatic hydroxyl groups is 3. The minimum Gasteiger partial charge on any atom is -0.504 e. The van der Waals surface area contributed by atoms with Crippen LogP contribution in [0.2, 0.25) is 0 Å². The summed E-state index contributed by atoms with van der Waals surface area (Å²) in [6, 6.07) is 9.90. The topological polar surface area (TPSA) is 247 Å². The van der Waals surface area contributed by atoms with E-state index >= 15 is 0 Å². The molecule has 2 bridgehead atoms. The van der Waals surface area contributed by atoms with Gasteiger partial charge in [-0.15, -0.1) is 0 Å². The summed E-state index contributed by atoms with van der Waals surface area (Å²) in [5.74, 6) is -8.23. The smallest absolute Gasteiger partial charge is 0.353 e. The van der Waals surface area contributed by atoms with Crippen LogP contribution in [0.15, 0.2) is 54.3 Å². The van der Waals surface area contributed by atoms with Crippen molar-refractivity contribution in [1.29, 1.82) is 0 Å². The van der Waals surface area contributed by atoms with Crippen molar-refractivity contribution in [3.8, 4) is 11.5 Å². The Balaban J connectivity index is 1.20. The fourth-order valence-electron chi connectivity index (χ4n) is 7.48. The van der Waals surface area contributed by atoms with Crippen LogP contribution in [0.25, 0.3) is 0 Å². The summed E-state index contributed by atoms with van der Waals surface area (Å²) in [6.45, 7) is 0.546. The molecule has 2 aliphatic heterocycles. The molecule has 16 heteroatoms. The molecule has 8 atom stereocenters. The lowest BCUT2D eigenvalue weighted by Gasteiger charge is -2.61. The zero-order valence-corrected chi connectivity index (χ0v) is 25.9. The zero-order chi connectivity index (χ0) is 35.4. The number of benzene rings is 2. The van der Waals surface area contributed by atoms with Crippen molar-refractivity contribution < 1.29 is 73.6 Å². The summed E-state index contributed by atoms with van der Waals surface area (Å²) in [4.78, 5) is 63.6. The normalized spacial score (nSPS) is 27.2. The number of likely N-dealkylation sites (tertiary alicyclic amines) is 1. The van der Waals surface area contributed by atoms with E-state index in [9.17, 15) is 49.5 Å². The molecule has 1 spiro atoms. The van der Waals surface area contributed by atoms with Crippen LogP contribution in [0.5, 0.6) is 11.5 Å². The van der Waals surface area contributed by atoms with Crippen LogP contribution in [0.1, 0.15) is 42.1 Å². The zero-order valence-electron chi connectivity index (χ0n) is 25.9. The second kappa shape index (κ2) is 12.5. The molecule has 16 nitrogen and oxygen atoms in total. The number of carboxylic acids is 2. The number of phenols is 1. The van der Waals surface area contributed by atoms with Gasteiger partial charge in [-0.05, 0) is 44.1 Å². The number of rotatable bonds is 11. The maximum Gasteiger partial charge on any atom is 0.353 e. The molecule has 2 aromatic rings. The van der Waals surface area contributed by atoms with Gasteiger partial charge >= 0.3 is 29.8 Å². The molecule has 1 fully saturated rings. The van der Waals surface area contributed by atoms with Crippen LogP contribution < -0.4 is 4.74 Å². The third-order valence-corrected chi connectivity index (χ3v) is 9.80. The van der Waals surface area contributed by atoms with Crippen molar-refractivity contribution in [1.82, 2.24) is 4.90 Å². The van der Waals surface area contributed by atoms with Crippen LogP contribution >= 0.6 is 0 Å². The first-order valence-electron chi connectivity index (χ1n) is 15.3. The molecule has 1 saturated heterocycles. The highest BCUT2D eigenvalue weighted by atomic mass is 16.6. The molecule has 6 rings (SSSR count). The highest BCUT2D eigenvalue weighted by Crippen LogP contribution is 2.65. The predicted molar refractivity (Wildman–Crippen MR) is 160 cm³/mol. The van der Waals surface area contributed by atoms with Crippen molar-refractivity contribution in [2.45, 2.75) is 73.3 Å². The molecular weight excluding hydrogens is 650 g/mol. The van der Waals surface area contributed by atoms with E-state index in [1.54, 1.807) is 12.1 Å². The summed E-state index contributed by atoms with van der Waals surface area (Å²) >= 11 is 0.